The topological polar surface area (TPSA) is 32.3 Å². The zero-order valence-electron chi connectivity index (χ0n) is 11.1. The predicted octanol–water partition coefficient (Wildman–Crippen LogP) is 4.70. The number of halogens is 2. The van der Waals surface area contributed by atoms with Crippen molar-refractivity contribution in [3.05, 3.63) is 27.7 Å². The summed E-state index contributed by atoms with van der Waals surface area (Å²) in [7, 11) is 0. The van der Waals surface area contributed by atoms with Crippen LogP contribution in [0.4, 0.5) is 0 Å². The molecule has 0 aliphatic carbocycles. The second-order valence-electron chi connectivity index (χ2n) is 3.44. The third kappa shape index (κ3) is 6.86. The molecule has 1 rings (SSSR count). The van der Waals surface area contributed by atoms with Gasteiger partial charge in [-0.15, -0.1) is 0 Å². The zero-order chi connectivity index (χ0) is 14.0. The van der Waals surface area contributed by atoms with E-state index in [0.29, 0.717) is 10.0 Å². The highest BCUT2D eigenvalue weighted by Crippen LogP contribution is 2.30. The van der Waals surface area contributed by atoms with Gasteiger partial charge in [0.25, 0.3) is 0 Å². The summed E-state index contributed by atoms with van der Waals surface area (Å²) in [4.78, 5) is 1.04. The molecule has 18 heavy (non-hydrogen) atoms. The number of aliphatic hydroxyl groups excluding tert-OH is 1. The fourth-order valence-corrected chi connectivity index (χ4v) is 2.63. The molecule has 0 fully saturated rings. The van der Waals surface area contributed by atoms with Crippen LogP contribution in [-0.2, 0) is 0 Å². The van der Waals surface area contributed by atoms with E-state index in [4.69, 9.17) is 28.3 Å². The molecule has 0 bridgehead atoms. The highest BCUT2D eigenvalue weighted by Gasteiger charge is 2.05. The molecule has 0 atom stereocenters. The van der Waals surface area contributed by atoms with Gasteiger partial charge in [0.1, 0.15) is 0 Å². The van der Waals surface area contributed by atoms with E-state index >= 15 is 0 Å². The first-order valence-corrected chi connectivity index (χ1v) is 7.68. The lowest BCUT2D eigenvalue weighted by Gasteiger charge is -2.08. The van der Waals surface area contributed by atoms with Gasteiger partial charge in [0, 0.05) is 28.1 Å². The quantitative estimate of drug-likeness (QED) is 0.590. The lowest BCUT2D eigenvalue weighted by molar-refractivity contribution is 0.285. The molecular weight excluding hydrogens is 289 g/mol. The van der Waals surface area contributed by atoms with E-state index in [2.05, 4.69) is 4.72 Å². The summed E-state index contributed by atoms with van der Waals surface area (Å²) in [6.45, 7) is 7.07. The van der Waals surface area contributed by atoms with Crippen LogP contribution in [0.25, 0.3) is 0 Å². The second kappa shape index (κ2) is 10.9. The number of unbranched alkanes of at least 4 members (excludes halogenated alkanes) is 1. The van der Waals surface area contributed by atoms with Crippen LogP contribution in [0.5, 0.6) is 0 Å². The first-order chi connectivity index (χ1) is 8.65. The van der Waals surface area contributed by atoms with Crippen molar-refractivity contribution in [1.82, 2.24) is 4.72 Å². The summed E-state index contributed by atoms with van der Waals surface area (Å²) in [5.41, 5.74) is 1.03. The van der Waals surface area contributed by atoms with Gasteiger partial charge in [-0.05, 0) is 49.4 Å². The Morgan fingerprint density at radius 2 is 1.89 bits per heavy atom. The fourth-order valence-electron chi connectivity index (χ4n) is 1.17. The summed E-state index contributed by atoms with van der Waals surface area (Å²) < 4.78 is 3.22. The maximum absolute atomic E-state index is 8.63. The molecule has 0 unspecified atom stereocenters. The smallest absolute Gasteiger partial charge is 0.0461 e. The summed E-state index contributed by atoms with van der Waals surface area (Å²) >= 11 is 13.5. The van der Waals surface area contributed by atoms with E-state index in [0.717, 1.165) is 29.8 Å². The van der Waals surface area contributed by atoms with Gasteiger partial charge in [0.15, 0.2) is 0 Å². The molecule has 1 aromatic carbocycles. The van der Waals surface area contributed by atoms with E-state index in [1.807, 2.05) is 26.8 Å². The highest BCUT2D eigenvalue weighted by molar-refractivity contribution is 7.97. The van der Waals surface area contributed by atoms with Crippen molar-refractivity contribution in [2.45, 2.75) is 38.5 Å². The minimum Gasteiger partial charge on any atom is -0.396 e. The predicted molar refractivity (Wildman–Crippen MR) is 82.7 cm³/mol. The maximum Gasteiger partial charge on any atom is 0.0461 e. The lowest BCUT2D eigenvalue weighted by atomic mass is 10.2. The Morgan fingerprint density at radius 3 is 2.50 bits per heavy atom. The Morgan fingerprint density at radius 1 is 1.22 bits per heavy atom. The third-order valence-corrected chi connectivity index (χ3v) is 3.73. The molecule has 0 saturated carbocycles. The van der Waals surface area contributed by atoms with Gasteiger partial charge in [0.05, 0.1) is 0 Å². The Balaban J connectivity index is 0.00000137. The van der Waals surface area contributed by atoms with Crippen LogP contribution in [0.3, 0.4) is 0 Å². The first kappa shape index (κ1) is 18.1. The largest absolute Gasteiger partial charge is 0.396 e. The molecule has 1 aromatic rings. The Hall–Kier alpha value is 0.0700. The molecule has 2 nitrogen and oxygen atoms in total. The normalized spacial score (nSPS) is 9.89. The number of aliphatic hydroxyl groups is 1. The van der Waals surface area contributed by atoms with Crippen molar-refractivity contribution >= 4 is 35.1 Å². The number of hydrogen-bond donors (Lipinski definition) is 2. The highest BCUT2D eigenvalue weighted by atomic mass is 35.5. The summed E-state index contributed by atoms with van der Waals surface area (Å²) in [5.74, 6) is 0. The van der Waals surface area contributed by atoms with Gasteiger partial charge in [-0.25, -0.2) is 0 Å². The molecule has 0 aliphatic heterocycles. The maximum atomic E-state index is 8.63. The van der Waals surface area contributed by atoms with E-state index < -0.39 is 0 Å². The average Bonchev–Trinajstić information content (AvgIpc) is 2.37. The number of hydrogen-bond acceptors (Lipinski definition) is 3. The average molecular weight is 310 g/mol. The molecule has 104 valence electrons. The standard InChI is InChI=1S/C11H15Cl2NOS.C2H6/c1-8-10(13)6-9(12)7-11(8)16-14-4-2-3-5-15;1-2/h6-7,14-15H,2-5H2,1H3;1-2H3. The van der Waals surface area contributed by atoms with Gasteiger partial charge >= 0.3 is 0 Å². The number of benzene rings is 1. The molecule has 0 saturated heterocycles. The second-order valence-corrected chi connectivity index (χ2v) is 5.21. The van der Waals surface area contributed by atoms with Crippen molar-refractivity contribution in [2.75, 3.05) is 13.2 Å². The molecule has 2 N–H and O–H groups in total. The SMILES string of the molecule is CC.Cc1c(Cl)cc(Cl)cc1SNCCCCO. The Bertz CT molecular complexity index is 348. The van der Waals surface area contributed by atoms with Crippen molar-refractivity contribution < 1.29 is 5.11 Å². The van der Waals surface area contributed by atoms with Gasteiger partial charge in [-0.3, -0.25) is 4.72 Å². The number of nitrogens with one attached hydrogen (secondary N) is 1. The van der Waals surface area contributed by atoms with Gasteiger partial charge < -0.3 is 5.11 Å². The minimum atomic E-state index is 0.244. The van der Waals surface area contributed by atoms with Gasteiger partial charge in [-0.2, -0.15) is 0 Å². The third-order valence-electron chi connectivity index (χ3n) is 2.13. The Kier molecular flexibility index (Phi) is 11.0. The molecule has 0 radical (unpaired) electrons. The van der Waals surface area contributed by atoms with E-state index in [1.54, 1.807) is 6.07 Å². The van der Waals surface area contributed by atoms with Gasteiger partial charge in [0.2, 0.25) is 0 Å². The van der Waals surface area contributed by atoms with Crippen molar-refractivity contribution in [3.63, 3.8) is 0 Å². The summed E-state index contributed by atoms with van der Waals surface area (Å²) in [6, 6.07) is 3.64. The van der Waals surface area contributed by atoms with E-state index in [9.17, 15) is 0 Å². The molecular formula is C13H21Cl2NOS. The zero-order valence-corrected chi connectivity index (χ0v) is 13.4. The van der Waals surface area contributed by atoms with E-state index in [1.165, 1.54) is 11.9 Å². The number of rotatable bonds is 6. The molecule has 0 amide bonds. The van der Waals surface area contributed by atoms with Gasteiger partial charge in [-0.1, -0.05) is 37.0 Å². The molecule has 0 heterocycles. The molecule has 5 heteroatoms. The summed E-state index contributed by atoms with van der Waals surface area (Å²) in [6.07, 6.45) is 1.78. The fraction of sp³-hybridized carbons (Fsp3) is 0.538. The molecule has 0 aromatic heterocycles. The molecule has 0 aliphatic rings. The summed E-state index contributed by atoms with van der Waals surface area (Å²) in [5, 5.41) is 9.97. The van der Waals surface area contributed by atoms with Crippen LogP contribution in [0.15, 0.2) is 17.0 Å². The van der Waals surface area contributed by atoms with Crippen molar-refractivity contribution in [3.8, 4) is 0 Å². The lowest BCUT2D eigenvalue weighted by Crippen LogP contribution is -2.06. The van der Waals surface area contributed by atoms with E-state index in [-0.39, 0.29) is 6.61 Å². The van der Waals surface area contributed by atoms with Crippen LogP contribution in [0.1, 0.15) is 32.3 Å². The Labute approximate surface area is 124 Å². The first-order valence-electron chi connectivity index (χ1n) is 6.11. The monoisotopic (exact) mass is 309 g/mol. The minimum absolute atomic E-state index is 0.244. The van der Waals surface area contributed by atoms with Crippen LogP contribution >= 0.6 is 35.1 Å². The van der Waals surface area contributed by atoms with Crippen molar-refractivity contribution in [2.24, 2.45) is 0 Å². The van der Waals surface area contributed by atoms with Crippen LogP contribution in [0, 0.1) is 6.92 Å². The molecule has 0 spiro atoms. The van der Waals surface area contributed by atoms with Crippen LogP contribution in [-0.4, -0.2) is 18.3 Å². The van der Waals surface area contributed by atoms with Crippen LogP contribution < -0.4 is 4.72 Å². The van der Waals surface area contributed by atoms with Crippen molar-refractivity contribution in [1.29, 1.82) is 0 Å². The van der Waals surface area contributed by atoms with Crippen LogP contribution in [0.2, 0.25) is 10.0 Å².